The molecular formula is C31H33ClN2O2S. The molecule has 3 aromatic carbocycles. The normalized spacial score (nSPS) is 18.0. The van der Waals surface area contributed by atoms with Crippen molar-refractivity contribution in [3.8, 4) is 11.1 Å². The van der Waals surface area contributed by atoms with Crippen LogP contribution in [0.1, 0.15) is 12.0 Å². The minimum absolute atomic E-state index is 0.0145. The van der Waals surface area contributed by atoms with Crippen LogP contribution in [0.25, 0.3) is 11.1 Å². The maximum Gasteiger partial charge on any atom is 0.243 e. The van der Waals surface area contributed by atoms with Gasteiger partial charge in [-0.1, -0.05) is 103 Å². The van der Waals surface area contributed by atoms with Gasteiger partial charge >= 0.3 is 0 Å². The Labute approximate surface area is 226 Å². The second-order valence-corrected chi connectivity index (χ2v) is 11.5. The van der Waals surface area contributed by atoms with Gasteiger partial charge < -0.3 is 0 Å². The zero-order valence-electron chi connectivity index (χ0n) is 20.9. The molecule has 3 aromatic rings. The Morgan fingerprint density at radius 3 is 2.32 bits per heavy atom. The average molecular weight is 533 g/mol. The largest absolute Gasteiger partial charge is 0.296 e. The summed E-state index contributed by atoms with van der Waals surface area (Å²) in [5.74, 6) is -0.0145. The monoisotopic (exact) mass is 532 g/mol. The first-order valence-corrected chi connectivity index (χ1v) is 14.3. The van der Waals surface area contributed by atoms with E-state index >= 15 is 0 Å². The van der Waals surface area contributed by atoms with Crippen molar-refractivity contribution in [2.45, 2.75) is 23.9 Å². The van der Waals surface area contributed by atoms with Gasteiger partial charge in [-0.25, -0.2) is 8.42 Å². The van der Waals surface area contributed by atoms with E-state index in [9.17, 15) is 8.42 Å². The zero-order valence-corrected chi connectivity index (χ0v) is 22.5. The second-order valence-electron chi connectivity index (χ2n) is 9.22. The maximum absolute atomic E-state index is 13.7. The highest BCUT2D eigenvalue weighted by Gasteiger charge is 2.39. The third-order valence-electron chi connectivity index (χ3n) is 6.77. The number of piperazine rings is 1. The van der Waals surface area contributed by atoms with Gasteiger partial charge in [0.05, 0.1) is 4.90 Å². The molecule has 0 saturated carbocycles. The van der Waals surface area contributed by atoms with Crippen LogP contribution < -0.4 is 0 Å². The number of halogens is 1. The van der Waals surface area contributed by atoms with E-state index in [0.29, 0.717) is 31.0 Å². The van der Waals surface area contributed by atoms with Crippen LogP contribution in [0.4, 0.5) is 0 Å². The number of rotatable bonds is 10. The van der Waals surface area contributed by atoms with E-state index in [1.165, 1.54) is 5.56 Å². The van der Waals surface area contributed by atoms with E-state index < -0.39 is 10.0 Å². The van der Waals surface area contributed by atoms with Crippen LogP contribution in [0.2, 0.25) is 5.02 Å². The average Bonchev–Trinajstić information content (AvgIpc) is 2.92. The number of nitrogens with zero attached hydrogens (tertiary/aromatic N) is 2. The number of sulfonamides is 1. The third-order valence-corrected chi connectivity index (χ3v) is 9.04. The van der Waals surface area contributed by atoms with Crippen LogP contribution in [0.15, 0.2) is 121 Å². The smallest absolute Gasteiger partial charge is 0.243 e. The number of hydrogen-bond donors (Lipinski definition) is 0. The van der Waals surface area contributed by atoms with Crippen molar-refractivity contribution < 1.29 is 8.42 Å². The van der Waals surface area contributed by atoms with Gasteiger partial charge in [0.1, 0.15) is 0 Å². The van der Waals surface area contributed by atoms with E-state index in [0.717, 1.165) is 22.7 Å². The fourth-order valence-corrected chi connectivity index (χ4v) is 6.81. The Balaban J connectivity index is 1.57. The molecule has 1 aliphatic rings. The van der Waals surface area contributed by atoms with Gasteiger partial charge in [-0.15, -0.1) is 6.58 Å². The molecule has 1 aliphatic heterocycles. The van der Waals surface area contributed by atoms with Gasteiger partial charge in [0.2, 0.25) is 10.0 Å². The Morgan fingerprint density at radius 1 is 0.946 bits per heavy atom. The summed E-state index contributed by atoms with van der Waals surface area (Å²) in [6, 6.07) is 24.7. The van der Waals surface area contributed by atoms with Crippen LogP contribution in [-0.2, 0) is 16.6 Å². The minimum atomic E-state index is -3.64. The highest BCUT2D eigenvalue weighted by molar-refractivity contribution is 7.89. The molecule has 0 spiro atoms. The van der Waals surface area contributed by atoms with E-state index in [4.69, 9.17) is 11.6 Å². The summed E-state index contributed by atoms with van der Waals surface area (Å²) in [6.45, 7) is 10.2. The molecule has 0 radical (unpaired) electrons. The summed E-state index contributed by atoms with van der Waals surface area (Å²) in [7, 11) is -3.64. The number of allylic oxidation sites excluding steroid dienone is 3. The molecule has 1 unspecified atom stereocenters. The van der Waals surface area contributed by atoms with Crippen LogP contribution in [-0.4, -0.2) is 43.3 Å². The summed E-state index contributed by atoms with van der Waals surface area (Å²) in [4.78, 5) is 2.66. The topological polar surface area (TPSA) is 40.6 Å². The Bertz CT molecular complexity index is 1340. The predicted molar refractivity (Wildman–Crippen MR) is 154 cm³/mol. The molecule has 37 heavy (non-hydrogen) atoms. The summed E-state index contributed by atoms with van der Waals surface area (Å²) in [5.41, 5.74) is 3.26. The summed E-state index contributed by atoms with van der Waals surface area (Å²) in [5, 5.41) is 0.731. The fourth-order valence-electron chi connectivity index (χ4n) is 4.89. The molecule has 0 amide bonds. The third kappa shape index (κ3) is 6.49. The van der Waals surface area contributed by atoms with Gasteiger partial charge in [0, 0.05) is 42.8 Å². The summed E-state index contributed by atoms with van der Waals surface area (Å²) in [6.07, 6.45) is 8.21. The van der Waals surface area contributed by atoms with Crippen molar-refractivity contribution in [1.29, 1.82) is 0 Å². The lowest BCUT2D eigenvalue weighted by molar-refractivity contribution is 0.106. The molecule has 1 heterocycles. The molecule has 1 saturated heterocycles. The molecule has 0 bridgehead atoms. The lowest BCUT2D eigenvalue weighted by atomic mass is 9.93. The second kappa shape index (κ2) is 12.5. The first kappa shape index (κ1) is 27.1. The van der Waals surface area contributed by atoms with Crippen molar-refractivity contribution >= 4 is 21.6 Å². The predicted octanol–water partition coefficient (Wildman–Crippen LogP) is 6.82. The molecule has 0 aromatic heterocycles. The van der Waals surface area contributed by atoms with Gasteiger partial charge in [0.25, 0.3) is 0 Å². The Morgan fingerprint density at radius 2 is 1.65 bits per heavy atom. The summed E-state index contributed by atoms with van der Waals surface area (Å²) < 4.78 is 29.0. The van der Waals surface area contributed by atoms with E-state index in [1.807, 2.05) is 42.5 Å². The Hall–Kier alpha value is -2.96. The van der Waals surface area contributed by atoms with E-state index in [-0.39, 0.29) is 12.0 Å². The van der Waals surface area contributed by atoms with Gasteiger partial charge in [-0.05, 0) is 41.7 Å². The summed E-state index contributed by atoms with van der Waals surface area (Å²) >= 11 is 6.38. The zero-order chi connectivity index (χ0) is 26.3. The molecule has 4 rings (SSSR count). The van der Waals surface area contributed by atoms with Gasteiger partial charge in [-0.3, -0.25) is 4.90 Å². The van der Waals surface area contributed by atoms with Crippen LogP contribution in [0, 0.1) is 5.92 Å². The minimum Gasteiger partial charge on any atom is -0.296 e. The van der Waals surface area contributed by atoms with Crippen molar-refractivity contribution in [2.75, 3.05) is 19.6 Å². The van der Waals surface area contributed by atoms with Crippen molar-refractivity contribution in [2.24, 2.45) is 5.92 Å². The highest BCUT2D eigenvalue weighted by atomic mass is 35.5. The molecule has 4 nitrogen and oxygen atoms in total. The highest BCUT2D eigenvalue weighted by Crippen LogP contribution is 2.30. The standard InChI is InChI=1S/C31H33ClN2O2S/c1-3-5-12-27(11-4-2)31-24-33(21-22-34(31)37(35,36)28-13-7-6-8-14-28)23-25-17-19-26(20-18-25)29-15-9-10-16-30(29)32/h3-10,12-20,27,31H,1-2,11,21-24H2/t27?,31-/m0/s1. The van der Waals surface area contributed by atoms with Crippen LogP contribution in [0.3, 0.4) is 0 Å². The lowest BCUT2D eigenvalue weighted by Crippen LogP contribution is -2.57. The molecule has 1 fully saturated rings. The van der Waals surface area contributed by atoms with Crippen molar-refractivity contribution in [1.82, 2.24) is 9.21 Å². The fraction of sp³-hybridized carbons (Fsp3) is 0.226. The Kier molecular flexibility index (Phi) is 9.17. The van der Waals surface area contributed by atoms with Crippen LogP contribution in [0.5, 0.6) is 0 Å². The molecule has 0 aliphatic carbocycles. The van der Waals surface area contributed by atoms with Gasteiger partial charge in [0.15, 0.2) is 0 Å². The first-order chi connectivity index (χ1) is 17.9. The van der Waals surface area contributed by atoms with Crippen molar-refractivity contribution in [3.63, 3.8) is 0 Å². The number of hydrogen-bond acceptors (Lipinski definition) is 3. The number of benzene rings is 3. The molecular weight excluding hydrogens is 500 g/mol. The van der Waals surface area contributed by atoms with E-state index in [2.05, 4.69) is 48.4 Å². The lowest BCUT2D eigenvalue weighted by Gasteiger charge is -2.43. The molecule has 2 atom stereocenters. The molecule has 0 N–H and O–H groups in total. The van der Waals surface area contributed by atoms with Crippen LogP contribution >= 0.6 is 11.6 Å². The molecule has 6 heteroatoms. The maximum atomic E-state index is 13.7. The van der Waals surface area contributed by atoms with Crippen molar-refractivity contribution in [3.05, 3.63) is 127 Å². The van der Waals surface area contributed by atoms with E-state index in [1.54, 1.807) is 34.6 Å². The van der Waals surface area contributed by atoms with Gasteiger partial charge in [-0.2, -0.15) is 4.31 Å². The quantitative estimate of drug-likeness (QED) is 0.212. The SMILES string of the molecule is C=CC=CC(CC=C)[C@@H]1CN(Cc2ccc(-c3ccccc3Cl)cc2)CCN1S(=O)(=O)c1ccccc1. The first-order valence-electron chi connectivity index (χ1n) is 12.5. The molecule has 192 valence electrons.